The molecular weight excluding hydrogens is 294 g/mol. The van der Waals surface area contributed by atoms with E-state index in [1.54, 1.807) is 29.7 Å². The lowest BCUT2D eigenvalue weighted by Gasteiger charge is -2.14. The molecule has 2 aromatic rings. The Labute approximate surface area is 127 Å². The summed E-state index contributed by atoms with van der Waals surface area (Å²) in [7, 11) is 0. The Morgan fingerprint density at radius 1 is 1.45 bits per heavy atom. The summed E-state index contributed by atoms with van der Waals surface area (Å²) < 4.78 is 0. The Bertz CT molecular complexity index is 559. The monoisotopic (exact) mass is 309 g/mol. The summed E-state index contributed by atoms with van der Waals surface area (Å²) in [4.78, 5) is 16.2. The van der Waals surface area contributed by atoms with E-state index in [0.717, 1.165) is 11.4 Å². The van der Waals surface area contributed by atoms with Crippen LogP contribution in [0.15, 0.2) is 35.8 Å². The molecule has 1 heterocycles. The van der Waals surface area contributed by atoms with Gasteiger partial charge in [0, 0.05) is 11.6 Å². The smallest absolute Gasteiger partial charge is 0.238 e. The molecule has 0 aliphatic rings. The highest BCUT2D eigenvalue weighted by Gasteiger charge is 2.13. The van der Waals surface area contributed by atoms with Crippen molar-refractivity contribution in [1.82, 2.24) is 10.3 Å². The van der Waals surface area contributed by atoms with Crippen molar-refractivity contribution in [2.75, 3.05) is 11.9 Å². The molecule has 0 radical (unpaired) electrons. The summed E-state index contributed by atoms with van der Waals surface area (Å²) in [6.45, 7) is 2.29. The number of thiazole rings is 1. The van der Waals surface area contributed by atoms with Gasteiger partial charge in [0.15, 0.2) is 0 Å². The highest BCUT2D eigenvalue weighted by Crippen LogP contribution is 2.21. The molecule has 1 aromatic heterocycles. The van der Waals surface area contributed by atoms with Crippen LogP contribution in [0.1, 0.15) is 24.4 Å². The van der Waals surface area contributed by atoms with Crippen molar-refractivity contribution in [2.45, 2.75) is 19.4 Å². The first-order chi connectivity index (χ1) is 9.70. The van der Waals surface area contributed by atoms with Gasteiger partial charge in [0.05, 0.1) is 23.3 Å². The van der Waals surface area contributed by atoms with Crippen LogP contribution >= 0.6 is 22.9 Å². The molecule has 20 heavy (non-hydrogen) atoms. The molecule has 0 fully saturated rings. The largest absolute Gasteiger partial charge is 0.324 e. The molecule has 0 spiro atoms. The molecule has 1 amide bonds. The minimum atomic E-state index is -0.117. The van der Waals surface area contributed by atoms with Crippen LogP contribution in [0.25, 0.3) is 0 Å². The Balaban J connectivity index is 1.87. The number of anilines is 1. The van der Waals surface area contributed by atoms with Crippen molar-refractivity contribution in [3.8, 4) is 0 Å². The van der Waals surface area contributed by atoms with E-state index in [1.165, 1.54) is 0 Å². The van der Waals surface area contributed by atoms with Gasteiger partial charge in [-0.1, -0.05) is 30.7 Å². The van der Waals surface area contributed by atoms with Crippen molar-refractivity contribution >= 4 is 34.5 Å². The number of carbonyl (C=O) groups is 1. The van der Waals surface area contributed by atoms with E-state index in [9.17, 15) is 4.79 Å². The molecule has 106 valence electrons. The van der Waals surface area contributed by atoms with Crippen molar-refractivity contribution in [1.29, 1.82) is 0 Å². The Hall–Kier alpha value is -1.43. The summed E-state index contributed by atoms with van der Waals surface area (Å²) >= 11 is 7.58. The highest BCUT2D eigenvalue weighted by molar-refractivity contribution is 7.09. The molecule has 4 nitrogen and oxygen atoms in total. The lowest BCUT2D eigenvalue weighted by Crippen LogP contribution is -2.31. The van der Waals surface area contributed by atoms with Gasteiger partial charge >= 0.3 is 0 Å². The number of amides is 1. The molecule has 0 aliphatic carbocycles. The quantitative estimate of drug-likeness (QED) is 0.859. The van der Waals surface area contributed by atoms with Crippen LogP contribution < -0.4 is 10.6 Å². The molecule has 0 aliphatic heterocycles. The van der Waals surface area contributed by atoms with Crippen LogP contribution in [-0.2, 0) is 4.79 Å². The zero-order valence-corrected chi connectivity index (χ0v) is 12.7. The topological polar surface area (TPSA) is 54.0 Å². The number of hydrogen-bond donors (Lipinski definition) is 2. The number of carbonyl (C=O) groups excluding carboxylic acids is 1. The maximum absolute atomic E-state index is 11.9. The molecule has 1 aromatic carbocycles. The first kappa shape index (κ1) is 15.0. The van der Waals surface area contributed by atoms with E-state index in [2.05, 4.69) is 22.5 Å². The summed E-state index contributed by atoms with van der Waals surface area (Å²) in [6, 6.07) is 7.28. The van der Waals surface area contributed by atoms with Crippen LogP contribution in [0.2, 0.25) is 5.02 Å². The van der Waals surface area contributed by atoms with Crippen molar-refractivity contribution < 1.29 is 4.79 Å². The second kappa shape index (κ2) is 7.38. The summed E-state index contributed by atoms with van der Waals surface area (Å²) in [6.07, 6.45) is 2.65. The highest BCUT2D eigenvalue weighted by atomic mass is 35.5. The van der Waals surface area contributed by atoms with Crippen LogP contribution in [0.4, 0.5) is 5.69 Å². The van der Waals surface area contributed by atoms with E-state index >= 15 is 0 Å². The van der Waals surface area contributed by atoms with Crippen LogP contribution in [0.5, 0.6) is 0 Å². The predicted molar refractivity (Wildman–Crippen MR) is 83.2 cm³/mol. The average Bonchev–Trinajstić information content (AvgIpc) is 2.96. The zero-order chi connectivity index (χ0) is 14.4. The molecule has 2 N–H and O–H groups in total. The van der Waals surface area contributed by atoms with E-state index in [1.807, 2.05) is 17.5 Å². The predicted octanol–water partition coefficient (Wildman–Crippen LogP) is 3.48. The van der Waals surface area contributed by atoms with E-state index in [-0.39, 0.29) is 18.5 Å². The minimum Gasteiger partial charge on any atom is -0.324 e. The third-order valence-electron chi connectivity index (χ3n) is 2.81. The van der Waals surface area contributed by atoms with Gasteiger partial charge in [0.2, 0.25) is 5.91 Å². The third-order valence-corrected chi connectivity index (χ3v) is 4.03. The maximum Gasteiger partial charge on any atom is 0.238 e. The molecule has 2 rings (SSSR count). The van der Waals surface area contributed by atoms with Crippen molar-refractivity contribution in [3.05, 3.63) is 45.9 Å². The number of benzene rings is 1. The molecule has 0 saturated carbocycles. The molecule has 1 unspecified atom stereocenters. The van der Waals surface area contributed by atoms with Crippen molar-refractivity contribution in [2.24, 2.45) is 0 Å². The first-order valence-corrected chi connectivity index (χ1v) is 7.63. The van der Waals surface area contributed by atoms with E-state index in [0.29, 0.717) is 10.7 Å². The molecular formula is C14H16ClN3OS. The first-order valence-electron chi connectivity index (χ1n) is 6.38. The van der Waals surface area contributed by atoms with Gasteiger partial charge < -0.3 is 5.32 Å². The second-order valence-electron chi connectivity index (χ2n) is 4.24. The fraction of sp³-hybridized carbons (Fsp3) is 0.286. The van der Waals surface area contributed by atoms with Crippen molar-refractivity contribution in [3.63, 3.8) is 0 Å². The number of para-hydroxylation sites is 1. The second-order valence-corrected chi connectivity index (χ2v) is 5.57. The van der Waals surface area contributed by atoms with Gasteiger partial charge in [0.25, 0.3) is 0 Å². The minimum absolute atomic E-state index is 0.104. The summed E-state index contributed by atoms with van der Waals surface area (Å²) in [5.41, 5.74) is 0.628. The Kier molecular flexibility index (Phi) is 5.52. The average molecular weight is 310 g/mol. The number of nitrogens with zero attached hydrogens (tertiary/aromatic N) is 1. The zero-order valence-electron chi connectivity index (χ0n) is 11.1. The standard InChI is InChI=1S/C14H16ClN3OS/c1-2-11(14-16-7-8-20-14)17-9-13(19)18-12-6-4-3-5-10(12)15/h3-8,11,17H,2,9H2,1H3,(H,18,19). The maximum atomic E-state index is 11.9. The summed E-state index contributed by atoms with van der Waals surface area (Å²) in [5.74, 6) is -0.117. The number of aromatic nitrogens is 1. The number of nitrogens with one attached hydrogen (secondary N) is 2. The summed E-state index contributed by atoms with van der Waals surface area (Å²) in [5, 5.41) is 9.46. The fourth-order valence-electron chi connectivity index (χ4n) is 1.79. The van der Waals surface area contributed by atoms with E-state index < -0.39 is 0 Å². The fourth-order valence-corrected chi connectivity index (χ4v) is 2.77. The van der Waals surface area contributed by atoms with Gasteiger partial charge in [-0.05, 0) is 18.6 Å². The molecule has 6 heteroatoms. The van der Waals surface area contributed by atoms with E-state index in [4.69, 9.17) is 11.6 Å². The van der Waals surface area contributed by atoms with Gasteiger partial charge in [-0.2, -0.15) is 0 Å². The lowest BCUT2D eigenvalue weighted by molar-refractivity contribution is -0.115. The SMILES string of the molecule is CCC(NCC(=O)Nc1ccccc1Cl)c1nccs1. The van der Waals surface area contributed by atoms with Crippen LogP contribution in [0, 0.1) is 0 Å². The van der Waals surface area contributed by atoms with Crippen LogP contribution in [0.3, 0.4) is 0 Å². The number of rotatable bonds is 6. The third kappa shape index (κ3) is 4.03. The van der Waals surface area contributed by atoms with Gasteiger partial charge in [-0.3, -0.25) is 10.1 Å². The van der Waals surface area contributed by atoms with Gasteiger partial charge in [0.1, 0.15) is 5.01 Å². The van der Waals surface area contributed by atoms with Crippen LogP contribution in [-0.4, -0.2) is 17.4 Å². The number of halogens is 1. The number of hydrogen-bond acceptors (Lipinski definition) is 4. The Morgan fingerprint density at radius 3 is 2.90 bits per heavy atom. The Morgan fingerprint density at radius 2 is 2.25 bits per heavy atom. The van der Waals surface area contributed by atoms with Gasteiger partial charge in [-0.25, -0.2) is 4.98 Å². The normalized spacial score (nSPS) is 12.1. The molecule has 0 saturated heterocycles. The lowest BCUT2D eigenvalue weighted by atomic mass is 10.2. The molecule has 1 atom stereocenters. The van der Waals surface area contributed by atoms with Gasteiger partial charge in [-0.15, -0.1) is 11.3 Å². The molecule has 0 bridgehead atoms.